The third kappa shape index (κ3) is 3.89. The van der Waals surface area contributed by atoms with E-state index in [0.717, 1.165) is 0 Å². The molecule has 4 nitrogen and oxygen atoms in total. The second kappa shape index (κ2) is 6.61. The standard InChI is InChI=1S/C13H19ClN2O2/c1-8(2)16-13(17)9(3)18-12-6-4-5-11(14)10(12)7-15/h4-6,8-9H,7,15H2,1-3H3,(H,16,17). The van der Waals surface area contributed by atoms with E-state index in [1.165, 1.54) is 0 Å². The number of carbonyl (C=O) groups is 1. The van der Waals surface area contributed by atoms with Crippen LogP contribution in [-0.2, 0) is 11.3 Å². The van der Waals surface area contributed by atoms with Crippen molar-refractivity contribution in [3.05, 3.63) is 28.8 Å². The van der Waals surface area contributed by atoms with Crippen LogP contribution in [-0.4, -0.2) is 18.1 Å². The van der Waals surface area contributed by atoms with Crippen LogP contribution in [0.4, 0.5) is 0 Å². The molecule has 0 aliphatic heterocycles. The maximum atomic E-state index is 11.7. The minimum absolute atomic E-state index is 0.0805. The topological polar surface area (TPSA) is 64.3 Å². The molecule has 0 aromatic heterocycles. The molecule has 0 fully saturated rings. The van der Waals surface area contributed by atoms with Gasteiger partial charge in [-0.05, 0) is 32.9 Å². The van der Waals surface area contributed by atoms with E-state index in [2.05, 4.69) is 5.32 Å². The fourth-order valence-corrected chi connectivity index (χ4v) is 1.74. The number of halogens is 1. The van der Waals surface area contributed by atoms with Crippen LogP contribution in [0.1, 0.15) is 26.3 Å². The Morgan fingerprint density at radius 3 is 2.67 bits per heavy atom. The van der Waals surface area contributed by atoms with Gasteiger partial charge in [0.2, 0.25) is 0 Å². The number of hydrogen-bond acceptors (Lipinski definition) is 3. The number of nitrogens with one attached hydrogen (secondary N) is 1. The number of carbonyl (C=O) groups excluding carboxylic acids is 1. The summed E-state index contributed by atoms with van der Waals surface area (Å²) in [5.41, 5.74) is 6.33. The van der Waals surface area contributed by atoms with Gasteiger partial charge in [0.05, 0.1) is 0 Å². The van der Waals surface area contributed by atoms with Crippen molar-refractivity contribution in [1.29, 1.82) is 0 Å². The lowest BCUT2D eigenvalue weighted by Crippen LogP contribution is -2.40. The van der Waals surface area contributed by atoms with Crippen LogP contribution in [0, 0.1) is 0 Å². The molecule has 100 valence electrons. The van der Waals surface area contributed by atoms with Crippen LogP contribution < -0.4 is 15.8 Å². The van der Waals surface area contributed by atoms with Gasteiger partial charge in [-0.1, -0.05) is 17.7 Å². The predicted molar refractivity (Wildman–Crippen MR) is 72.7 cm³/mol. The summed E-state index contributed by atoms with van der Waals surface area (Å²) in [6.45, 7) is 5.76. The molecular formula is C13H19ClN2O2. The van der Waals surface area contributed by atoms with Gasteiger partial charge in [0.25, 0.3) is 5.91 Å². The number of ether oxygens (including phenoxy) is 1. The molecule has 0 spiro atoms. The Kier molecular flexibility index (Phi) is 5.44. The Labute approximate surface area is 112 Å². The van der Waals surface area contributed by atoms with Crippen molar-refractivity contribution in [3.63, 3.8) is 0 Å². The summed E-state index contributed by atoms with van der Waals surface area (Å²) in [5.74, 6) is 0.393. The molecule has 18 heavy (non-hydrogen) atoms. The third-order valence-corrected chi connectivity index (χ3v) is 2.74. The molecule has 1 atom stereocenters. The average molecular weight is 271 g/mol. The van der Waals surface area contributed by atoms with Crippen molar-refractivity contribution in [2.45, 2.75) is 39.5 Å². The number of amides is 1. The fraction of sp³-hybridized carbons (Fsp3) is 0.462. The zero-order chi connectivity index (χ0) is 13.7. The van der Waals surface area contributed by atoms with E-state index in [1.54, 1.807) is 25.1 Å². The zero-order valence-electron chi connectivity index (χ0n) is 10.9. The summed E-state index contributed by atoms with van der Waals surface area (Å²) < 4.78 is 5.60. The lowest BCUT2D eigenvalue weighted by molar-refractivity contribution is -0.127. The van der Waals surface area contributed by atoms with Crippen LogP contribution in [0.2, 0.25) is 5.02 Å². The van der Waals surface area contributed by atoms with Crippen molar-refractivity contribution in [2.75, 3.05) is 0 Å². The first-order chi connectivity index (χ1) is 8.45. The first-order valence-electron chi connectivity index (χ1n) is 5.90. The lowest BCUT2D eigenvalue weighted by Gasteiger charge is -2.18. The van der Waals surface area contributed by atoms with Gasteiger partial charge in [-0.15, -0.1) is 0 Å². The summed E-state index contributed by atoms with van der Waals surface area (Å²) in [4.78, 5) is 11.7. The molecule has 1 aromatic rings. The van der Waals surface area contributed by atoms with Crippen LogP contribution in [0.25, 0.3) is 0 Å². The van der Waals surface area contributed by atoms with Crippen LogP contribution in [0.3, 0.4) is 0 Å². The maximum absolute atomic E-state index is 11.7. The largest absolute Gasteiger partial charge is 0.481 e. The Morgan fingerprint density at radius 1 is 1.44 bits per heavy atom. The minimum atomic E-state index is -0.587. The monoisotopic (exact) mass is 270 g/mol. The van der Waals surface area contributed by atoms with Crippen molar-refractivity contribution < 1.29 is 9.53 Å². The Morgan fingerprint density at radius 2 is 2.11 bits per heavy atom. The second-order valence-corrected chi connectivity index (χ2v) is 4.75. The number of rotatable bonds is 5. The lowest BCUT2D eigenvalue weighted by atomic mass is 10.2. The molecule has 0 aliphatic carbocycles. The molecule has 1 unspecified atom stereocenters. The highest BCUT2D eigenvalue weighted by Crippen LogP contribution is 2.26. The van der Waals surface area contributed by atoms with Gasteiger partial charge in [0.1, 0.15) is 5.75 Å². The Bertz CT molecular complexity index is 421. The molecule has 1 amide bonds. The second-order valence-electron chi connectivity index (χ2n) is 4.34. The number of hydrogen-bond donors (Lipinski definition) is 2. The van der Waals surface area contributed by atoms with Gasteiger partial charge in [-0.2, -0.15) is 0 Å². The molecule has 3 N–H and O–H groups in total. The molecule has 0 aliphatic rings. The van der Waals surface area contributed by atoms with Gasteiger partial charge in [-0.25, -0.2) is 0 Å². The van der Waals surface area contributed by atoms with E-state index >= 15 is 0 Å². The molecule has 5 heteroatoms. The first kappa shape index (κ1) is 14.8. The van der Waals surface area contributed by atoms with E-state index in [1.807, 2.05) is 13.8 Å². The highest BCUT2D eigenvalue weighted by Gasteiger charge is 2.17. The van der Waals surface area contributed by atoms with Gasteiger partial charge < -0.3 is 15.8 Å². The third-order valence-electron chi connectivity index (χ3n) is 2.38. The zero-order valence-corrected chi connectivity index (χ0v) is 11.6. The van der Waals surface area contributed by atoms with Crippen molar-refractivity contribution in [3.8, 4) is 5.75 Å². The van der Waals surface area contributed by atoms with Crippen LogP contribution in [0.5, 0.6) is 5.75 Å². The molecule has 0 saturated heterocycles. The molecular weight excluding hydrogens is 252 g/mol. The van der Waals surface area contributed by atoms with E-state index in [0.29, 0.717) is 16.3 Å². The molecule has 0 heterocycles. The van der Waals surface area contributed by atoms with Gasteiger partial charge in [-0.3, -0.25) is 4.79 Å². The summed E-state index contributed by atoms with van der Waals surface area (Å²) in [6, 6.07) is 5.35. The van der Waals surface area contributed by atoms with Gasteiger partial charge in [0, 0.05) is 23.2 Å². The van der Waals surface area contributed by atoms with E-state index in [4.69, 9.17) is 22.1 Å². The molecule has 0 radical (unpaired) electrons. The molecule has 0 saturated carbocycles. The SMILES string of the molecule is CC(C)NC(=O)C(C)Oc1cccc(Cl)c1CN. The van der Waals surface area contributed by atoms with E-state index in [-0.39, 0.29) is 18.5 Å². The highest BCUT2D eigenvalue weighted by atomic mass is 35.5. The van der Waals surface area contributed by atoms with Crippen LogP contribution in [0.15, 0.2) is 18.2 Å². The van der Waals surface area contributed by atoms with Crippen LogP contribution >= 0.6 is 11.6 Å². The van der Waals surface area contributed by atoms with E-state index < -0.39 is 6.10 Å². The van der Waals surface area contributed by atoms with Gasteiger partial charge >= 0.3 is 0 Å². The number of nitrogens with two attached hydrogens (primary N) is 1. The summed E-state index contributed by atoms with van der Waals surface area (Å²) in [7, 11) is 0. The highest BCUT2D eigenvalue weighted by molar-refractivity contribution is 6.31. The van der Waals surface area contributed by atoms with Crippen molar-refractivity contribution in [2.24, 2.45) is 5.73 Å². The normalized spacial score (nSPS) is 12.3. The summed E-state index contributed by atoms with van der Waals surface area (Å²) >= 11 is 6.02. The molecule has 1 aromatic carbocycles. The fourth-order valence-electron chi connectivity index (χ4n) is 1.49. The van der Waals surface area contributed by atoms with Gasteiger partial charge in [0.15, 0.2) is 6.10 Å². The summed E-state index contributed by atoms with van der Waals surface area (Å²) in [6.07, 6.45) is -0.587. The minimum Gasteiger partial charge on any atom is -0.481 e. The number of benzene rings is 1. The van der Waals surface area contributed by atoms with Crippen molar-refractivity contribution >= 4 is 17.5 Å². The molecule has 0 bridgehead atoms. The quantitative estimate of drug-likeness (QED) is 0.861. The predicted octanol–water partition coefficient (Wildman–Crippen LogP) is 2.09. The average Bonchev–Trinajstić information content (AvgIpc) is 2.28. The van der Waals surface area contributed by atoms with E-state index in [9.17, 15) is 4.79 Å². The Hall–Kier alpha value is -1.26. The molecule has 1 rings (SSSR count). The van der Waals surface area contributed by atoms with Crippen molar-refractivity contribution in [1.82, 2.24) is 5.32 Å². The Balaban J connectivity index is 2.78. The first-order valence-corrected chi connectivity index (χ1v) is 6.28. The smallest absolute Gasteiger partial charge is 0.260 e. The maximum Gasteiger partial charge on any atom is 0.260 e. The summed E-state index contributed by atoms with van der Waals surface area (Å²) in [5, 5.41) is 3.33.